The van der Waals surface area contributed by atoms with Gasteiger partial charge in [0.25, 0.3) is 0 Å². The molecule has 0 radical (unpaired) electrons. The van der Waals surface area contributed by atoms with Crippen LogP contribution in [0, 0.1) is 6.92 Å². The summed E-state index contributed by atoms with van der Waals surface area (Å²) >= 11 is 0. The highest BCUT2D eigenvalue weighted by molar-refractivity contribution is 5.95. The average molecular weight is 367 g/mol. The van der Waals surface area contributed by atoms with Gasteiger partial charge in [0.2, 0.25) is 11.8 Å². The Morgan fingerprint density at radius 1 is 1.00 bits per heavy atom. The SMILES string of the molecule is CCc1ccccc1NC(=O)CNC(=O)CN(CC)Cc1cccc(C)c1. The van der Waals surface area contributed by atoms with Crippen LogP contribution in [0.2, 0.25) is 0 Å². The van der Waals surface area contributed by atoms with Crippen LogP contribution in [0.25, 0.3) is 0 Å². The van der Waals surface area contributed by atoms with E-state index in [1.165, 1.54) is 11.1 Å². The Kier molecular flexibility index (Phi) is 8.01. The van der Waals surface area contributed by atoms with Crippen molar-refractivity contribution in [2.24, 2.45) is 0 Å². The minimum absolute atomic E-state index is 0.0289. The maximum absolute atomic E-state index is 12.2. The number of para-hydroxylation sites is 1. The summed E-state index contributed by atoms with van der Waals surface area (Å²) in [6, 6.07) is 16.0. The third-order valence-electron chi connectivity index (χ3n) is 4.42. The number of nitrogens with one attached hydrogen (secondary N) is 2. The van der Waals surface area contributed by atoms with Gasteiger partial charge in [0.05, 0.1) is 13.1 Å². The molecule has 5 heteroatoms. The van der Waals surface area contributed by atoms with Crippen LogP contribution in [-0.2, 0) is 22.6 Å². The molecular formula is C22H29N3O2. The molecule has 0 fully saturated rings. The van der Waals surface area contributed by atoms with Crippen molar-refractivity contribution < 1.29 is 9.59 Å². The molecule has 2 aromatic rings. The van der Waals surface area contributed by atoms with E-state index in [0.29, 0.717) is 6.54 Å². The van der Waals surface area contributed by atoms with Gasteiger partial charge in [-0.05, 0) is 37.1 Å². The molecule has 0 saturated heterocycles. The summed E-state index contributed by atoms with van der Waals surface area (Å²) in [7, 11) is 0. The molecule has 0 bridgehead atoms. The number of nitrogens with zero attached hydrogens (tertiary/aromatic N) is 1. The fourth-order valence-electron chi connectivity index (χ4n) is 2.93. The Hall–Kier alpha value is -2.66. The van der Waals surface area contributed by atoms with Crippen LogP contribution < -0.4 is 10.6 Å². The molecule has 0 aliphatic carbocycles. The molecule has 0 aromatic heterocycles. The number of hydrogen-bond donors (Lipinski definition) is 2. The van der Waals surface area contributed by atoms with Crippen molar-refractivity contribution in [3.8, 4) is 0 Å². The lowest BCUT2D eigenvalue weighted by atomic mass is 10.1. The summed E-state index contributed by atoms with van der Waals surface area (Å²) in [5.41, 5.74) is 4.26. The van der Waals surface area contributed by atoms with Crippen LogP contribution in [0.15, 0.2) is 48.5 Å². The molecule has 0 aliphatic heterocycles. The molecule has 0 spiro atoms. The van der Waals surface area contributed by atoms with Crippen molar-refractivity contribution in [1.29, 1.82) is 0 Å². The first-order valence-corrected chi connectivity index (χ1v) is 9.44. The summed E-state index contributed by atoms with van der Waals surface area (Å²) in [6.45, 7) is 7.83. The van der Waals surface area contributed by atoms with Crippen LogP contribution in [0.1, 0.15) is 30.5 Å². The standard InChI is InChI=1S/C22H29N3O2/c1-4-19-11-6-7-12-20(19)24-21(26)14-23-22(27)16-25(5-2)15-18-10-8-9-17(3)13-18/h6-13H,4-5,14-16H2,1-3H3,(H,23,27)(H,24,26). The summed E-state index contributed by atoms with van der Waals surface area (Å²) in [4.78, 5) is 26.4. The molecule has 27 heavy (non-hydrogen) atoms. The van der Waals surface area contributed by atoms with Gasteiger partial charge >= 0.3 is 0 Å². The van der Waals surface area contributed by atoms with E-state index in [1.54, 1.807) is 0 Å². The monoisotopic (exact) mass is 367 g/mol. The second-order valence-corrected chi connectivity index (χ2v) is 6.63. The van der Waals surface area contributed by atoms with E-state index < -0.39 is 0 Å². The number of aryl methyl sites for hydroxylation is 2. The third-order valence-corrected chi connectivity index (χ3v) is 4.42. The van der Waals surface area contributed by atoms with E-state index in [2.05, 4.69) is 35.8 Å². The maximum Gasteiger partial charge on any atom is 0.243 e. The van der Waals surface area contributed by atoms with Gasteiger partial charge in [-0.2, -0.15) is 0 Å². The molecule has 0 unspecified atom stereocenters. The van der Waals surface area contributed by atoms with Gasteiger partial charge < -0.3 is 10.6 Å². The maximum atomic E-state index is 12.2. The number of carbonyl (C=O) groups excluding carboxylic acids is 2. The van der Waals surface area contributed by atoms with Crippen molar-refractivity contribution in [3.05, 3.63) is 65.2 Å². The Bertz CT molecular complexity index is 774. The van der Waals surface area contributed by atoms with E-state index in [-0.39, 0.29) is 24.9 Å². The zero-order chi connectivity index (χ0) is 19.6. The summed E-state index contributed by atoms with van der Waals surface area (Å²) in [5.74, 6) is -0.366. The molecule has 2 aromatic carbocycles. The highest BCUT2D eigenvalue weighted by Gasteiger charge is 2.12. The van der Waals surface area contributed by atoms with Crippen LogP contribution in [-0.4, -0.2) is 36.3 Å². The van der Waals surface area contributed by atoms with E-state index >= 15 is 0 Å². The number of benzene rings is 2. The smallest absolute Gasteiger partial charge is 0.243 e. The van der Waals surface area contributed by atoms with Gasteiger partial charge in [-0.3, -0.25) is 14.5 Å². The largest absolute Gasteiger partial charge is 0.346 e. The zero-order valence-electron chi connectivity index (χ0n) is 16.4. The van der Waals surface area contributed by atoms with Crippen molar-refractivity contribution in [1.82, 2.24) is 10.2 Å². The van der Waals surface area contributed by atoms with Crippen molar-refractivity contribution in [2.45, 2.75) is 33.7 Å². The van der Waals surface area contributed by atoms with Crippen molar-refractivity contribution in [3.63, 3.8) is 0 Å². The summed E-state index contributed by atoms with van der Waals surface area (Å²) < 4.78 is 0. The van der Waals surface area contributed by atoms with Gasteiger partial charge in [0.15, 0.2) is 0 Å². The van der Waals surface area contributed by atoms with Gasteiger partial charge in [-0.15, -0.1) is 0 Å². The van der Waals surface area contributed by atoms with Gasteiger partial charge in [-0.25, -0.2) is 0 Å². The molecule has 0 saturated carbocycles. The topological polar surface area (TPSA) is 61.4 Å². The number of rotatable bonds is 9. The van der Waals surface area contributed by atoms with E-state index in [9.17, 15) is 9.59 Å². The number of hydrogen-bond acceptors (Lipinski definition) is 3. The predicted octanol–water partition coefficient (Wildman–Crippen LogP) is 3.13. The van der Waals surface area contributed by atoms with Crippen LogP contribution in [0.3, 0.4) is 0 Å². The molecule has 0 aliphatic rings. The average Bonchev–Trinajstić information content (AvgIpc) is 2.66. The molecular weight excluding hydrogens is 338 g/mol. The fourth-order valence-corrected chi connectivity index (χ4v) is 2.93. The quantitative estimate of drug-likeness (QED) is 0.716. The van der Waals surface area contributed by atoms with E-state index in [4.69, 9.17) is 0 Å². The van der Waals surface area contributed by atoms with Crippen LogP contribution in [0.4, 0.5) is 5.69 Å². The van der Waals surface area contributed by atoms with Gasteiger partial charge in [-0.1, -0.05) is 61.9 Å². The summed E-state index contributed by atoms with van der Waals surface area (Å²) in [6.07, 6.45) is 0.841. The highest BCUT2D eigenvalue weighted by Crippen LogP contribution is 2.15. The number of carbonyl (C=O) groups is 2. The molecule has 144 valence electrons. The van der Waals surface area contributed by atoms with Crippen molar-refractivity contribution in [2.75, 3.05) is 25.0 Å². The van der Waals surface area contributed by atoms with Crippen LogP contribution in [0.5, 0.6) is 0 Å². The van der Waals surface area contributed by atoms with E-state index in [0.717, 1.165) is 24.2 Å². The molecule has 5 nitrogen and oxygen atoms in total. The van der Waals surface area contributed by atoms with Crippen LogP contribution >= 0.6 is 0 Å². The molecule has 2 rings (SSSR count). The second kappa shape index (κ2) is 10.5. The third kappa shape index (κ3) is 6.87. The number of anilines is 1. The Labute approximate surface area is 161 Å². The normalized spacial score (nSPS) is 10.7. The van der Waals surface area contributed by atoms with Crippen molar-refractivity contribution >= 4 is 17.5 Å². The molecule has 2 amide bonds. The molecule has 0 heterocycles. The highest BCUT2D eigenvalue weighted by atomic mass is 16.2. The van der Waals surface area contributed by atoms with Gasteiger partial charge in [0, 0.05) is 12.2 Å². The Balaban J connectivity index is 1.81. The summed E-state index contributed by atoms with van der Waals surface area (Å²) in [5, 5.41) is 5.57. The number of amides is 2. The zero-order valence-corrected chi connectivity index (χ0v) is 16.4. The lowest BCUT2D eigenvalue weighted by molar-refractivity contribution is -0.125. The van der Waals surface area contributed by atoms with Gasteiger partial charge in [0.1, 0.15) is 0 Å². The Morgan fingerprint density at radius 3 is 2.48 bits per heavy atom. The lowest BCUT2D eigenvalue weighted by Crippen LogP contribution is -2.40. The minimum Gasteiger partial charge on any atom is -0.346 e. The van der Waals surface area contributed by atoms with E-state index in [1.807, 2.05) is 49.1 Å². The number of likely N-dealkylation sites (N-methyl/N-ethyl adjacent to an activating group) is 1. The second-order valence-electron chi connectivity index (χ2n) is 6.63. The first kappa shape index (κ1) is 20.6. The Morgan fingerprint density at radius 2 is 1.78 bits per heavy atom. The fraction of sp³-hybridized carbons (Fsp3) is 0.364. The first-order chi connectivity index (χ1) is 13.0. The lowest BCUT2D eigenvalue weighted by Gasteiger charge is -2.20. The molecule has 2 N–H and O–H groups in total. The molecule has 0 atom stereocenters. The predicted molar refractivity (Wildman–Crippen MR) is 110 cm³/mol. The first-order valence-electron chi connectivity index (χ1n) is 9.44. The minimum atomic E-state index is -0.217.